The summed E-state index contributed by atoms with van der Waals surface area (Å²) in [6, 6.07) is 0. The van der Waals surface area contributed by atoms with Gasteiger partial charge in [0.15, 0.2) is 0 Å². The molecule has 0 aliphatic carbocycles. The molecular formula is C15H29F2N3O. The number of halogens is 2. The maximum atomic E-state index is 12.3. The molecular weight excluding hydrogens is 276 g/mol. The normalized spacial score (nSPS) is 25.6. The first kappa shape index (κ1) is 17.1. The summed E-state index contributed by atoms with van der Waals surface area (Å²) in [7, 11) is 0. The fraction of sp³-hybridized carbons (Fsp3) is 1.00. The van der Waals surface area contributed by atoms with Crippen molar-refractivity contribution in [2.24, 2.45) is 5.92 Å². The van der Waals surface area contributed by atoms with Gasteiger partial charge in [-0.1, -0.05) is 6.92 Å². The van der Waals surface area contributed by atoms with Crippen LogP contribution >= 0.6 is 0 Å². The Labute approximate surface area is 126 Å². The van der Waals surface area contributed by atoms with Crippen molar-refractivity contribution in [3.63, 3.8) is 0 Å². The van der Waals surface area contributed by atoms with Crippen molar-refractivity contribution in [1.82, 2.24) is 14.7 Å². The molecule has 2 heterocycles. The Morgan fingerprint density at radius 1 is 0.857 bits per heavy atom. The second kappa shape index (κ2) is 8.36. The maximum Gasteiger partial charge on any atom is 0.251 e. The van der Waals surface area contributed by atoms with Crippen LogP contribution in [0.25, 0.3) is 0 Å². The molecule has 0 spiro atoms. The predicted molar refractivity (Wildman–Crippen MR) is 79.7 cm³/mol. The van der Waals surface area contributed by atoms with Crippen LogP contribution in [0.1, 0.15) is 19.8 Å². The number of aliphatic hydroxyl groups is 1. The summed E-state index contributed by atoms with van der Waals surface area (Å²) in [5.74, 6) is 0.807. The Balaban J connectivity index is 1.61. The maximum absolute atomic E-state index is 12.3. The molecule has 1 unspecified atom stereocenters. The quantitative estimate of drug-likeness (QED) is 0.792. The van der Waals surface area contributed by atoms with Gasteiger partial charge in [-0.2, -0.15) is 0 Å². The average molecular weight is 305 g/mol. The fourth-order valence-corrected chi connectivity index (χ4v) is 3.25. The third-order valence-electron chi connectivity index (χ3n) is 4.68. The van der Waals surface area contributed by atoms with Gasteiger partial charge in [0.1, 0.15) is 0 Å². The molecule has 0 aromatic carbocycles. The van der Waals surface area contributed by atoms with Crippen LogP contribution in [0, 0.1) is 5.92 Å². The van der Waals surface area contributed by atoms with Crippen molar-refractivity contribution in [2.75, 3.05) is 58.9 Å². The average Bonchev–Trinajstić information content (AvgIpc) is 2.43. The minimum atomic E-state index is -2.25. The van der Waals surface area contributed by atoms with Crippen LogP contribution in [-0.4, -0.2) is 91.2 Å². The van der Waals surface area contributed by atoms with E-state index in [-0.39, 0.29) is 12.6 Å². The zero-order valence-electron chi connectivity index (χ0n) is 13.1. The molecule has 21 heavy (non-hydrogen) atoms. The second-order valence-corrected chi connectivity index (χ2v) is 6.63. The highest BCUT2D eigenvalue weighted by Crippen LogP contribution is 2.16. The van der Waals surface area contributed by atoms with Gasteiger partial charge < -0.3 is 10.0 Å². The van der Waals surface area contributed by atoms with Crippen molar-refractivity contribution >= 4 is 0 Å². The van der Waals surface area contributed by atoms with Crippen LogP contribution in [0.3, 0.4) is 0 Å². The summed E-state index contributed by atoms with van der Waals surface area (Å²) in [6.07, 6.45) is -0.137. The number of likely N-dealkylation sites (tertiary alicyclic amines) is 1. The molecule has 2 saturated heterocycles. The van der Waals surface area contributed by atoms with Crippen molar-refractivity contribution in [3.8, 4) is 0 Å². The number of piperazine rings is 1. The first-order chi connectivity index (χ1) is 10.0. The van der Waals surface area contributed by atoms with Crippen LogP contribution in [0.4, 0.5) is 8.78 Å². The summed E-state index contributed by atoms with van der Waals surface area (Å²) < 4.78 is 24.6. The lowest BCUT2D eigenvalue weighted by Gasteiger charge is -2.37. The third-order valence-corrected chi connectivity index (χ3v) is 4.68. The largest absolute Gasteiger partial charge is 0.390 e. The number of alkyl halides is 2. The van der Waals surface area contributed by atoms with E-state index in [2.05, 4.69) is 16.7 Å². The van der Waals surface area contributed by atoms with Crippen molar-refractivity contribution in [2.45, 2.75) is 32.3 Å². The summed E-state index contributed by atoms with van der Waals surface area (Å²) in [5, 5.41) is 10.2. The molecule has 6 heteroatoms. The molecule has 0 saturated carbocycles. The van der Waals surface area contributed by atoms with Crippen LogP contribution in [-0.2, 0) is 0 Å². The Kier molecular flexibility index (Phi) is 6.79. The van der Waals surface area contributed by atoms with E-state index in [0.29, 0.717) is 19.6 Å². The zero-order valence-corrected chi connectivity index (χ0v) is 13.1. The highest BCUT2D eigenvalue weighted by molar-refractivity contribution is 4.77. The van der Waals surface area contributed by atoms with E-state index in [9.17, 15) is 13.9 Å². The van der Waals surface area contributed by atoms with Crippen molar-refractivity contribution in [3.05, 3.63) is 0 Å². The SMILES string of the molecule is CC1CCN(CC(O)CN2CCN(CC(F)F)CC2)CC1. The van der Waals surface area contributed by atoms with Crippen molar-refractivity contribution in [1.29, 1.82) is 0 Å². The molecule has 4 nitrogen and oxygen atoms in total. The van der Waals surface area contributed by atoms with Crippen LogP contribution < -0.4 is 0 Å². The zero-order chi connectivity index (χ0) is 15.2. The van der Waals surface area contributed by atoms with Gasteiger partial charge in [-0.25, -0.2) is 8.78 Å². The molecule has 0 amide bonds. The molecule has 0 bridgehead atoms. The van der Waals surface area contributed by atoms with E-state index in [1.54, 1.807) is 4.90 Å². The number of rotatable bonds is 6. The van der Waals surface area contributed by atoms with E-state index >= 15 is 0 Å². The number of piperidine rings is 1. The summed E-state index contributed by atoms with van der Waals surface area (Å²) in [4.78, 5) is 6.34. The van der Waals surface area contributed by atoms with Gasteiger partial charge in [0.05, 0.1) is 12.6 Å². The minimum absolute atomic E-state index is 0.123. The van der Waals surface area contributed by atoms with Crippen LogP contribution in [0.15, 0.2) is 0 Å². The molecule has 2 rings (SSSR count). The van der Waals surface area contributed by atoms with Gasteiger partial charge in [-0.15, -0.1) is 0 Å². The van der Waals surface area contributed by atoms with Crippen LogP contribution in [0.2, 0.25) is 0 Å². The lowest BCUT2D eigenvalue weighted by atomic mass is 9.99. The van der Waals surface area contributed by atoms with E-state index in [4.69, 9.17) is 0 Å². The Bertz CT molecular complexity index is 291. The monoisotopic (exact) mass is 305 g/mol. The van der Waals surface area contributed by atoms with Crippen molar-refractivity contribution < 1.29 is 13.9 Å². The Morgan fingerprint density at radius 2 is 1.29 bits per heavy atom. The molecule has 1 N–H and O–H groups in total. The smallest absolute Gasteiger partial charge is 0.251 e. The van der Waals surface area contributed by atoms with Gasteiger partial charge >= 0.3 is 0 Å². The molecule has 2 fully saturated rings. The first-order valence-corrected chi connectivity index (χ1v) is 8.16. The molecule has 0 aromatic heterocycles. The van der Waals surface area contributed by atoms with Gasteiger partial charge in [0.2, 0.25) is 0 Å². The van der Waals surface area contributed by atoms with E-state index < -0.39 is 6.43 Å². The second-order valence-electron chi connectivity index (χ2n) is 6.63. The topological polar surface area (TPSA) is 30.0 Å². The lowest BCUT2D eigenvalue weighted by Crippen LogP contribution is -2.51. The standard InChI is InChI=1S/C15H29F2N3O/c1-13-2-4-18(5-3-13)10-14(21)11-19-6-8-20(9-7-19)12-15(16)17/h13-15,21H,2-12H2,1H3. The summed E-state index contributed by atoms with van der Waals surface area (Å²) in [5.41, 5.74) is 0. The van der Waals surface area contributed by atoms with E-state index in [1.165, 1.54) is 12.8 Å². The van der Waals surface area contributed by atoms with Gasteiger partial charge in [-0.3, -0.25) is 9.80 Å². The number of hydrogen-bond acceptors (Lipinski definition) is 4. The molecule has 1 atom stereocenters. The molecule has 2 aliphatic rings. The summed E-state index contributed by atoms with van der Waals surface area (Å²) in [6.45, 7) is 8.65. The van der Waals surface area contributed by atoms with Gasteiger partial charge in [-0.05, 0) is 31.8 Å². The predicted octanol–water partition coefficient (Wildman–Crippen LogP) is 0.962. The highest BCUT2D eigenvalue weighted by atomic mass is 19.3. The van der Waals surface area contributed by atoms with Gasteiger partial charge in [0.25, 0.3) is 6.43 Å². The minimum Gasteiger partial charge on any atom is -0.390 e. The van der Waals surface area contributed by atoms with E-state index in [1.807, 2.05) is 0 Å². The number of aliphatic hydroxyl groups excluding tert-OH is 1. The molecule has 124 valence electrons. The number of nitrogens with zero attached hydrogens (tertiary/aromatic N) is 3. The number of hydrogen-bond donors (Lipinski definition) is 1. The van der Waals surface area contributed by atoms with Gasteiger partial charge in [0, 0.05) is 39.3 Å². The molecule has 0 radical (unpaired) electrons. The fourth-order valence-electron chi connectivity index (χ4n) is 3.25. The Hall–Kier alpha value is -0.300. The molecule has 2 aliphatic heterocycles. The Morgan fingerprint density at radius 3 is 1.76 bits per heavy atom. The molecule has 0 aromatic rings. The van der Waals surface area contributed by atoms with Crippen LogP contribution in [0.5, 0.6) is 0 Å². The first-order valence-electron chi connectivity index (χ1n) is 8.16. The highest BCUT2D eigenvalue weighted by Gasteiger charge is 2.23. The number of β-amino-alcohol motifs (C(OH)–C–C–N with tert-alkyl or cyclic N) is 1. The van der Waals surface area contributed by atoms with E-state index in [0.717, 1.165) is 38.6 Å². The third kappa shape index (κ3) is 6.14. The lowest BCUT2D eigenvalue weighted by molar-refractivity contribution is 0.0259. The summed E-state index contributed by atoms with van der Waals surface area (Å²) >= 11 is 0.